The molecule has 2 rings (SSSR count). The van der Waals surface area contributed by atoms with Gasteiger partial charge in [0.05, 0.1) is 6.04 Å². The summed E-state index contributed by atoms with van der Waals surface area (Å²) in [6.07, 6.45) is 2.95. The zero-order chi connectivity index (χ0) is 15.9. The van der Waals surface area contributed by atoms with Crippen LogP contribution in [-0.2, 0) is 16.1 Å². The minimum absolute atomic E-state index is 0.0311. The normalized spacial score (nSPS) is 18.7. The summed E-state index contributed by atoms with van der Waals surface area (Å²) in [7, 11) is 1.65. The van der Waals surface area contributed by atoms with Crippen LogP contribution < -0.4 is 10.1 Å². The first-order chi connectivity index (χ1) is 10.6. The summed E-state index contributed by atoms with van der Waals surface area (Å²) in [5.41, 5.74) is 0.902. The molecule has 1 amide bonds. The van der Waals surface area contributed by atoms with Crippen molar-refractivity contribution >= 4 is 11.9 Å². The predicted octanol–water partition coefficient (Wildman–Crippen LogP) is 1.25. The van der Waals surface area contributed by atoms with Crippen LogP contribution in [0.5, 0.6) is 5.75 Å². The number of hydrogen-bond acceptors (Lipinski definition) is 4. The van der Waals surface area contributed by atoms with Crippen molar-refractivity contribution < 1.29 is 19.4 Å². The van der Waals surface area contributed by atoms with Crippen molar-refractivity contribution in [1.82, 2.24) is 10.2 Å². The Bertz CT molecular complexity index is 533. The van der Waals surface area contributed by atoms with Gasteiger partial charge in [-0.1, -0.05) is 24.6 Å². The highest BCUT2D eigenvalue weighted by molar-refractivity contribution is 5.81. The average molecular weight is 306 g/mol. The van der Waals surface area contributed by atoms with Gasteiger partial charge in [-0.15, -0.1) is 0 Å². The smallest absolute Gasteiger partial charge is 0.341 e. The van der Waals surface area contributed by atoms with Crippen LogP contribution in [0.3, 0.4) is 0 Å². The molecule has 0 radical (unpaired) electrons. The summed E-state index contributed by atoms with van der Waals surface area (Å²) in [5, 5.41) is 11.5. The lowest BCUT2D eigenvalue weighted by Crippen LogP contribution is -2.48. The predicted molar refractivity (Wildman–Crippen MR) is 81.7 cm³/mol. The highest BCUT2D eigenvalue weighted by Gasteiger charge is 2.28. The molecule has 1 saturated heterocycles. The van der Waals surface area contributed by atoms with Crippen molar-refractivity contribution in [1.29, 1.82) is 0 Å². The van der Waals surface area contributed by atoms with Gasteiger partial charge in [0, 0.05) is 19.2 Å². The molecule has 22 heavy (non-hydrogen) atoms. The lowest BCUT2D eigenvalue weighted by atomic mass is 10.0. The highest BCUT2D eigenvalue weighted by Crippen LogP contribution is 2.24. The number of benzene rings is 1. The van der Waals surface area contributed by atoms with Gasteiger partial charge in [0.2, 0.25) is 5.91 Å². The summed E-state index contributed by atoms with van der Waals surface area (Å²) < 4.78 is 5.34. The molecule has 0 aromatic heterocycles. The SMILES string of the molecule is CNC(=O)[C@H]1CCCCN1Cc1ccccc1OCC(=O)O. The van der Waals surface area contributed by atoms with Crippen LogP contribution in [0.15, 0.2) is 24.3 Å². The first kappa shape index (κ1) is 16.3. The van der Waals surface area contributed by atoms with Gasteiger partial charge in [0.1, 0.15) is 5.75 Å². The molecular formula is C16H22N2O4. The van der Waals surface area contributed by atoms with E-state index in [1.807, 2.05) is 18.2 Å². The van der Waals surface area contributed by atoms with Crippen LogP contribution in [0.4, 0.5) is 0 Å². The molecule has 1 aliphatic rings. The molecule has 120 valence electrons. The van der Waals surface area contributed by atoms with Crippen molar-refractivity contribution in [2.75, 3.05) is 20.2 Å². The second kappa shape index (κ2) is 7.79. The molecular weight excluding hydrogens is 284 g/mol. The Morgan fingerprint density at radius 2 is 2.14 bits per heavy atom. The number of nitrogens with one attached hydrogen (secondary N) is 1. The van der Waals surface area contributed by atoms with Crippen LogP contribution in [0.1, 0.15) is 24.8 Å². The lowest BCUT2D eigenvalue weighted by molar-refractivity contribution is -0.139. The topological polar surface area (TPSA) is 78.9 Å². The standard InChI is InChI=1S/C16H22N2O4/c1-17-16(21)13-7-4-5-9-18(13)10-12-6-2-3-8-14(12)22-11-15(19)20/h2-3,6,8,13H,4-5,7,9-11H2,1H3,(H,17,21)(H,19,20)/t13-/m1/s1. The van der Waals surface area contributed by atoms with Crippen molar-refractivity contribution in [2.24, 2.45) is 0 Å². The third-order valence-electron chi connectivity index (χ3n) is 3.86. The van der Waals surface area contributed by atoms with Crippen molar-refractivity contribution in [2.45, 2.75) is 31.8 Å². The monoisotopic (exact) mass is 306 g/mol. The van der Waals surface area contributed by atoms with Crippen LogP contribution in [0.25, 0.3) is 0 Å². The number of carbonyl (C=O) groups is 2. The Labute approximate surface area is 130 Å². The molecule has 2 N–H and O–H groups in total. The fourth-order valence-corrected chi connectivity index (χ4v) is 2.78. The zero-order valence-electron chi connectivity index (χ0n) is 12.7. The number of likely N-dealkylation sites (tertiary alicyclic amines) is 1. The number of rotatable bonds is 6. The van der Waals surface area contributed by atoms with Crippen LogP contribution in [-0.4, -0.2) is 48.1 Å². The highest BCUT2D eigenvalue weighted by atomic mass is 16.5. The first-order valence-electron chi connectivity index (χ1n) is 7.50. The molecule has 0 bridgehead atoms. The van der Waals surface area contributed by atoms with E-state index in [0.29, 0.717) is 12.3 Å². The van der Waals surface area contributed by atoms with E-state index in [4.69, 9.17) is 9.84 Å². The maximum absolute atomic E-state index is 12.0. The first-order valence-corrected chi connectivity index (χ1v) is 7.50. The van der Waals surface area contributed by atoms with E-state index >= 15 is 0 Å². The van der Waals surface area contributed by atoms with Gasteiger partial charge in [-0.3, -0.25) is 9.69 Å². The molecule has 1 heterocycles. The lowest BCUT2D eigenvalue weighted by Gasteiger charge is -2.34. The average Bonchev–Trinajstić information content (AvgIpc) is 2.53. The number of para-hydroxylation sites is 1. The van der Waals surface area contributed by atoms with Gasteiger partial charge in [0.15, 0.2) is 6.61 Å². The Morgan fingerprint density at radius 1 is 1.36 bits per heavy atom. The minimum Gasteiger partial charge on any atom is -0.482 e. The number of hydrogen-bond donors (Lipinski definition) is 2. The number of likely N-dealkylation sites (N-methyl/N-ethyl adjacent to an activating group) is 1. The molecule has 1 atom stereocenters. The number of carboxylic acids is 1. The number of carbonyl (C=O) groups excluding carboxylic acids is 1. The van der Waals surface area contributed by atoms with E-state index in [1.54, 1.807) is 13.1 Å². The van der Waals surface area contributed by atoms with E-state index in [-0.39, 0.29) is 18.6 Å². The van der Waals surface area contributed by atoms with Gasteiger partial charge in [-0.2, -0.15) is 0 Å². The minimum atomic E-state index is -1.00. The molecule has 1 fully saturated rings. The number of amides is 1. The molecule has 0 spiro atoms. The van der Waals surface area contributed by atoms with Crippen LogP contribution in [0, 0.1) is 0 Å². The van der Waals surface area contributed by atoms with Crippen molar-refractivity contribution in [3.8, 4) is 5.75 Å². The molecule has 0 saturated carbocycles. The van der Waals surface area contributed by atoms with Crippen LogP contribution in [0.2, 0.25) is 0 Å². The largest absolute Gasteiger partial charge is 0.482 e. The zero-order valence-corrected chi connectivity index (χ0v) is 12.7. The van der Waals surface area contributed by atoms with Gasteiger partial charge in [0.25, 0.3) is 0 Å². The van der Waals surface area contributed by atoms with E-state index < -0.39 is 5.97 Å². The number of nitrogens with zero attached hydrogens (tertiary/aromatic N) is 1. The number of piperidine rings is 1. The van der Waals surface area contributed by atoms with Crippen molar-refractivity contribution in [3.63, 3.8) is 0 Å². The summed E-state index contributed by atoms with van der Waals surface area (Å²) in [5.74, 6) is -0.411. The van der Waals surface area contributed by atoms with E-state index in [0.717, 1.165) is 31.4 Å². The third-order valence-corrected chi connectivity index (χ3v) is 3.86. The van der Waals surface area contributed by atoms with Gasteiger partial charge in [-0.25, -0.2) is 4.79 Å². The summed E-state index contributed by atoms with van der Waals surface area (Å²) in [4.78, 5) is 24.8. The summed E-state index contributed by atoms with van der Waals surface area (Å²) in [6.45, 7) is 1.06. The molecule has 0 aliphatic carbocycles. The molecule has 1 aromatic carbocycles. The Hall–Kier alpha value is -2.08. The van der Waals surface area contributed by atoms with Gasteiger partial charge in [-0.05, 0) is 25.5 Å². The summed E-state index contributed by atoms with van der Waals surface area (Å²) in [6, 6.07) is 7.24. The van der Waals surface area contributed by atoms with E-state index in [2.05, 4.69) is 10.2 Å². The quantitative estimate of drug-likeness (QED) is 0.827. The van der Waals surface area contributed by atoms with E-state index in [9.17, 15) is 9.59 Å². The van der Waals surface area contributed by atoms with Gasteiger partial charge < -0.3 is 15.2 Å². The summed E-state index contributed by atoms with van der Waals surface area (Å²) >= 11 is 0. The molecule has 0 unspecified atom stereocenters. The third kappa shape index (κ3) is 4.21. The fourth-order valence-electron chi connectivity index (χ4n) is 2.78. The van der Waals surface area contributed by atoms with E-state index in [1.165, 1.54) is 0 Å². The Kier molecular flexibility index (Phi) is 5.77. The Balaban J connectivity index is 2.11. The second-order valence-corrected chi connectivity index (χ2v) is 5.39. The molecule has 6 heteroatoms. The maximum Gasteiger partial charge on any atom is 0.341 e. The Morgan fingerprint density at radius 3 is 2.86 bits per heavy atom. The van der Waals surface area contributed by atoms with Gasteiger partial charge >= 0.3 is 5.97 Å². The molecule has 1 aliphatic heterocycles. The second-order valence-electron chi connectivity index (χ2n) is 5.39. The molecule has 1 aromatic rings. The fraction of sp³-hybridized carbons (Fsp3) is 0.500. The number of aliphatic carboxylic acids is 1. The number of carboxylic acid groups (broad SMARTS) is 1. The van der Waals surface area contributed by atoms with Crippen molar-refractivity contribution in [3.05, 3.63) is 29.8 Å². The number of ether oxygens (including phenoxy) is 1. The molecule has 6 nitrogen and oxygen atoms in total. The maximum atomic E-state index is 12.0. The van der Waals surface area contributed by atoms with Crippen LogP contribution >= 0.6 is 0 Å².